The van der Waals surface area contributed by atoms with Gasteiger partial charge in [0.05, 0.1) is 5.41 Å². The van der Waals surface area contributed by atoms with Crippen LogP contribution in [0.25, 0.3) is 0 Å². The number of hydrogen-bond acceptors (Lipinski definition) is 4. The van der Waals surface area contributed by atoms with Crippen LogP contribution in [0.1, 0.15) is 25.8 Å². The summed E-state index contributed by atoms with van der Waals surface area (Å²) in [6.45, 7) is 3.42. The average molecular weight is 232 g/mol. The van der Waals surface area contributed by atoms with Gasteiger partial charge in [-0.25, -0.2) is 4.90 Å². The van der Waals surface area contributed by atoms with Gasteiger partial charge in [-0.3, -0.25) is 14.3 Å². The van der Waals surface area contributed by atoms with Gasteiger partial charge in [0.2, 0.25) is 11.8 Å². The molecule has 1 aliphatic rings. The average Bonchev–Trinajstić information content (AvgIpc) is 2.66. The Hall–Kier alpha value is -2.16. The first-order valence-electron chi connectivity index (χ1n) is 5.18. The quantitative estimate of drug-likeness (QED) is 0.663. The van der Waals surface area contributed by atoms with Crippen molar-refractivity contribution in [2.45, 2.75) is 20.3 Å². The number of amides is 2. The molecule has 2 amide bonds. The van der Waals surface area contributed by atoms with E-state index in [1.807, 2.05) is 6.07 Å². The molecule has 1 aliphatic heterocycles. The molecule has 2 rings (SSSR count). The molecular weight excluding hydrogens is 220 g/mol. The molecule has 0 aliphatic carbocycles. The highest BCUT2D eigenvalue weighted by Crippen LogP contribution is 2.35. The third-order valence-corrected chi connectivity index (χ3v) is 2.77. The SMILES string of the molecule is Cn1cc(C#N)c(N2C(=O)CC(C)(C)C2=O)n1. The van der Waals surface area contributed by atoms with Gasteiger partial charge in [-0.05, 0) is 0 Å². The Morgan fingerprint density at radius 2 is 2.12 bits per heavy atom. The molecule has 17 heavy (non-hydrogen) atoms. The van der Waals surface area contributed by atoms with Crippen LogP contribution in [0.4, 0.5) is 5.82 Å². The number of hydrogen-bond donors (Lipinski definition) is 0. The maximum atomic E-state index is 12.1. The Balaban J connectivity index is 2.51. The van der Waals surface area contributed by atoms with E-state index in [1.165, 1.54) is 10.9 Å². The normalized spacial score (nSPS) is 18.6. The van der Waals surface area contributed by atoms with E-state index < -0.39 is 5.41 Å². The van der Waals surface area contributed by atoms with E-state index in [2.05, 4.69) is 5.10 Å². The first-order valence-corrected chi connectivity index (χ1v) is 5.18. The topological polar surface area (TPSA) is 79.0 Å². The first kappa shape index (κ1) is 11.3. The van der Waals surface area contributed by atoms with E-state index in [4.69, 9.17) is 5.26 Å². The van der Waals surface area contributed by atoms with Crippen molar-refractivity contribution in [2.24, 2.45) is 12.5 Å². The van der Waals surface area contributed by atoms with Crippen molar-refractivity contribution in [1.29, 1.82) is 5.26 Å². The van der Waals surface area contributed by atoms with Gasteiger partial charge in [-0.15, -0.1) is 0 Å². The molecule has 1 aromatic heterocycles. The monoisotopic (exact) mass is 232 g/mol. The van der Waals surface area contributed by atoms with Crippen molar-refractivity contribution in [2.75, 3.05) is 4.90 Å². The van der Waals surface area contributed by atoms with Gasteiger partial charge in [0.1, 0.15) is 11.6 Å². The van der Waals surface area contributed by atoms with E-state index in [1.54, 1.807) is 20.9 Å². The molecule has 6 nitrogen and oxygen atoms in total. The molecule has 0 radical (unpaired) electrons. The second-order valence-electron chi connectivity index (χ2n) is 4.75. The van der Waals surface area contributed by atoms with Crippen LogP contribution in [0.5, 0.6) is 0 Å². The van der Waals surface area contributed by atoms with Crippen LogP contribution in [0.3, 0.4) is 0 Å². The predicted molar refractivity (Wildman–Crippen MR) is 58.8 cm³/mol. The van der Waals surface area contributed by atoms with Crippen molar-refractivity contribution < 1.29 is 9.59 Å². The smallest absolute Gasteiger partial charge is 0.241 e. The lowest BCUT2D eigenvalue weighted by atomic mass is 9.92. The highest BCUT2D eigenvalue weighted by molar-refractivity contribution is 6.22. The van der Waals surface area contributed by atoms with Crippen LogP contribution in [0, 0.1) is 16.7 Å². The van der Waals surface area contributed by atoms with Crippen molar-refractivity contribution in [3.63, 3.8) is 0 Å². The van der Waals surface area contributed by atoms with E-state index in [0.29, 0.717) is 0 Å². The molecule has 0 aromatic carbocycles. The summed E-state index contributed by atoms with van der Waals surface area (Å²) in [6, 6.07) is 1.93. The van der Waals surface area contributed by atoms with E-state index >= 15 is 0 Å². The number of aromatic nitrogens is 2. The molecule has 1 saturated heterocycles. The summed E-state index contributed by atoms with van der Waals surface area (Å²) >= 11 is 0. The fourth-order valence-corrected chi connectivity index (χ4v) is 1.88. The van der Waals surface area contributed by atoms with Gasteiger partial charge in [0.15, 0.2) is 5.82 Å². The minimum Gasteiger partial charge on any atom is -0.274 e. The Morgan fingerprint density at radius 1 is 1.47 bits per heavy atom. The Bertz CT molecular complexity index is 550. The van der Waals surface area contributed by atoms with Gasteiger partial charge >= 0.3 is 0 Å². The summed E-state index contributed by atoms with van der Waals surface area (Å²) in [4.78, 5) is 24.9. The summed E-state index contributed by atoms with van der Waals surface area (Å²) in [7, 11) is 1.64. The van der Waals surface area contributed by atoms with Gasteiger partial charge in [0.25, 0.3) is 0 Å². The molecule has 1 aromatic rings. The largest absolute Gasteiger partial charge is 0.274 e. The lowest BCUT2D eigenvalue weighted by molar-refractivity contribution is -0.124. The van der Waals surface area contributed by atoms with Gasteiger partial charge < -0.3 is 0 Å². The Kier molecular flexibility index (Phi) is 2.28. The third kappa shape index (κ3) is 1.60. The van der Waals surface area contributed by atoms with Crippen LogP contribution < -0.4 is 4.90 Å². The highest BCUT2D eigenvalue weighted by atomic mass is 16.2. The molecule has 0 bridgehead atoms. The van der Waals surface area contributed by atoms with Crippen molar-refractivity contribution in [3.05, 3.63) is 11.8 Å². The fourth-order valence-electron chi connectivity index (χ4n) is 1.88. The number of carbonyl (C=O) groups is 2. The zero-order valence-electron chi connectivity index (χ0n) is 9.89. The summed E-state index contributed by atoms with van der Waals surface area (Å²) in [6.07, 6.45) is 1.63. The number of anilines is 1. The number of nitriles is 1. The van der Waals surface area contributed by atoms with Crippen molar-refractivity contribution in [3.8, 4) is 6.07 Å². The summed E-state index contributed by atoms with van der Waals surface area (Å²) < 4.78 is 1.42. The third-order valence-electron chi connectivity index (χ3n) is 2.77. The maximum absolute atomic E-state index is 12.1. The number of aryl methyl sites for hydroxylation is 1. The molecule has 0 unspecified atom stereocenters. The minimum atomic E-state index is -0.721. The summed E-state index contributed by atoms with van der Waals surface area (Å²) in [5, 5.41) is 13.0. The molecule has 6 heteroatoms. The van der Waals surface area contributed by atoms with Crippen LogP contribution >= 0.6 is 0 Å². The maximum Gasteiger partial charge on any atom is 0.241 e. The molecule has 88 valence electrons. The van der Waals surface area contributed by atoms with E-state index in [0.717, 1.165) is 4.90 Å². The lowest BCUT2D eigenvalue weighted by Gasteiger charge is -2.15. The van der Waals surface area contributed by atoms with E-state index in [9.17, 15) is 9.59 Å². The molecule has 1 fully saturated rings. The van der Waals surface area contributed by atoms with Gasteiger partial charge in [-0.2, -0.15) is 10.4 Å². The fraction of sp³-hybridized carbons (Fsp3) is 0.455. The number of imide groups is 1. The van der Waals surface area contributed by atoms with Crippen LogP contribution in [-0.2, 0) is 16.6 Å². The first-order chi connectivity index (χ1) is 7.86. The lowest BCUT2D eigenvalue weighted by Crippen LogP contribution is -2.33. The molecule has 0 saturated carbocycles. The standard InChI is InChI=1S/C11H12N4O2/c1-11(2)4-8(16)15(10(11)17)9-7(5-12)6-14(3)13-9/h6H,4H2,1-3H3. The molecular formula is C11H12N4O2. The number of carbonyl (C=O) groups excluding carboxylic acids is 2. The highest BCUT2D eigenvalue weighted by Gasteiger charge is 2.47. The minimum absolute atomic E-state index is 0.135. The Labute approximate surface area is 98.4 Å². The second-order valence-corrected chi connectivity index (χ2v) is 4.75. The van der Waals surface area contributed by atoms with Gasteiger partial charge in [0, 0.05) is 19.7 Å². The molecule has 0 N–H and O–H groups in total. The zero-order chi connectivity index (χ0) is 12.8. The number of nitrogens with zero attached hydrogens (tertiary/aromatic N) is 4. The van der Waals surface area contributed by atoms with Crippen LogP contribution in [0.2, 0.25) is 0 Å². The Morgan fingerprint density at radius 3 is 2.59 bits per heavy atom. The van der Waals surface area contributed by atoms with Crippen molar-refractivity contribution in [1.82, 2.24) is 9.78 Å². The van der Waals surface area contributed by atoms with Crippen LogP contribution in [0.15, 0.2) is 6.20 Å². The molecule has 0 spiro atoms. The zero-order valence-corrected chi connectivity index (χ0v) is 9.89. The van der Waals surface area contributed by atoms with Crippen LogP contribution in [-0.4, -0.2) is 21.6 Å². The number of rotatable bonds is 1. The molecule has 2 heterocycles. The van der Waals surface area contributed by atoms with Gasteiger partial charge in [-0.1, -0.05) is 13.8 Å². The predicted octanol–water partition coefficient (Wildman–Crippen LogP) is 0.581. The summed E-state index contributed by atoms with van der Waals surface area (Å²) in [5.74, 6) is -0.483. The molecule has 0 atom stereocenters. The second kappa shape index (κ2) is 3.42. The van der Waals surface area contributed by atoms with E-state index in [-0.39, 0.29) is 29.6 Å². The van der Waals surface area contributed by atoms with Crippen molar-refractivity contribution >= 4 is 17.6 Å². The summed E-state index contributed by atoms with van der Waals surface area (Å²) in [5.41, 5.74) is -0.492.